The maximum atomic E-state index is 14.7. The van der Waals surface area contributed by atoms with Crippen LogP contribution in [0.1, 0.15) is 149 Å². The molecule has 15 nitrogen and oxygen atoms in total. The Bertz CT molecular complexity index is 2240. The lowest BCUT2D eigenvalue weighted by Gasteiger charge is -2.63. The zero-order chi connectivity index (χ0) is 51.9. The predicted octanol–water partition coefficient (Wildman–Crippen LogP) is 8.88. The van der Waals surface area contributed by atoms with Crippen LogP contribution in [0.4, 0.5) is 9.59 Å². The number of piperidine rings is 1. The smallest absolute Gasteiger partial charge is 0.460 e. The van der Waals surface area contributed by atoms with Crippen molar-refractivity contribution in [3.63, 3.8) is 0 Å². The number of quaternary nitrogens is 1. The number of hydrogen-bond donors (Lipinski definition) is 3. The fraction of sp³-hybridized carbons (Fsp3) is 0.707. The molecule has 3 N–H and O–H groups in total. The van der Waals surface area contributed by atoms with Crippen molar-refractivity contribution in [2.75, 3.05) is 26.4 Å². The van der Waals surface area contributed by atoms with E-state index in [0.717, 1.165) is 49.4 Å². The molecule has 7 unspecified atom stereocenters. The van der Waals surface area contributed by atoms with Crippen LogP contribution in [-0.4, -0.2) is 113 Å². The van der Waals surface area contributed by atoms with Gasteiger partial charge in [-0.2, -0.15) is 0 Å². The molecule has 0 radical (unpaired) electrons. The number of carbonyl (C=O) groups excluding carboxylic acids is 5. The summed E-state index contributed by atoms with van der Waals surface area (Å²) in [5.41, 5.74) is -2.35. The number of hydrogen-bond acceptors (Lipinski definition) is 13. The van der Waals surface area contributed by atoms with Crippen molar-refractivity contribution >= 4 is 30.2 Å². The van der Waals surface area contributed by atoms with Crippen LogP contribution >= 0.6 is 0 Å². The summed E-state index contributed by atoms with van der Waals surface area (Å²) in [6, 6.07) is 18.3. The number of ether oxygens (including phenoxy) is 6. The minimum atomic E-state index is -2.02. The Hall–Kier alpha value is -4.73. The van der Waals surface area contributed by atoms with Crippen molar-refractivity contribution in [2.45, 2.75) is 186 Å². The van der Waals surface area contributed by atoms with Crippen molar-refractivity contribution in [2.24, 2.45) is 46.3 Å². The van der Waals surface area contributed by atoms with Gasteiger partial charge in [0.2, 0.25) is 6.79 Å². The summed E-state index contributed by atoms with van der Waals surface area (Å²) < 4.78 is 35.4. The quantitative estimate of drug-likeness (QED) is 0.0704. The lowest BCUT2D eigenvalue weighted by molar-refractivity contribution is -0.956. The van der Waals surface area contributed by atoms with Gasteiger partial charge in [0.25, 0.3) is 5.60 Å². The number of amides is 1. The van der Waals surface area contributed by atoms with Gasteiger partial charge < -0.3 is 48.4 Å². The van der Waals surface area contributed by atoms with Gasteiger partial charge in [-0.15, -0.1) is 0 Å². The van der Waals surface area contributed by atoms with E-state index in [1.807, 2.05) is 20.8 Å². The van der Waals surface area contributed by atoms with Gasteiger partial charge in [-0.25, -0.2) is 14.4 Å². The van der Waals surface area contributed by atoms with E-state index in [-0.39, 0.29) is 58.4 Å². The molecule has 3 heterocycles. The molecule has 15 heteroatoms. The number of carbonyl (C=O) groups is 5. The molecule has 7 aliphatic rings. The number of rotatable bonds is 14. The summed E-state index contributed by atoms with van der Waals surface area (Å²) in [5.74, 6) is -1.00. The van der Waals surface area contributed by atoms with E-state index in [1.54, 1.807) is 60.7 Å². The summed E-state index contributed by atoms with van der Waals surface area (Å²) in [6.07, 6.45) is 8.28. The van der Waals surface area contributed by atoms with Crippen molar-refractivity contribution in [1.82, 2.24) is 5.32 Å². The van der Waals surface area contributed by atoms with E-state index in [9.17, 15) is 34.2 Å². The normalized spacial score (nSPS) is 34.5. The highest BCUT2D eigenvalue weighted by molar-refractivity contribution is 5.88. The average Bonchev–Trinajstić information content (AvgIpc) is 4.03. The number of nitrogens with one attached hydrogen (secondary N) is 1. The number of aliphatic hydroxyl groups is 2. The second-order valence-electron chi connectivity index (χ2n) is 24.5. The highest BCUT2D eigenvalue weighted by Crippen LogP contribution is 2.68. The fourth-order valence-electron chi connectivity index (χ4n) is 16.3. The molecule has 1 amide bonds. The van der Waals surface area contributed by atoms with E-state index < -0.39 is 67.0 Å². The van der Waals surface area contributed by atoms with Crippen LogP contribution in [0.2, 0.25) is 0 Å². The summed E-state index contributed by atoms with van der Waals surface area (Å²) in [5, 5.41) is 26.5. The third kappa shape index (κ3) is 10.4. The van der Waals surface area contributed by atoms with Gasteiger partial charge in [-0.1, -0.05) is 81.4 Å². The lowest BCUT2D eigenvalue weighted by Crippen LogP contribution is -2.62. The SMILES string of the molecule is C[C@H](CCC(=O)OC(C)(C)C)C1CCC2C3C(C[C@H](O)[C@@]21C)[C@@]1(C)CC[C@@H](OC(=O)NCC(=O)OCOC(=O)OC(C(=O)OC2CC4CCC(C2)[N+]42CCCC2)(c2ccccc2)c2ccccc2)CC1C[C@H]3O. The van der Waals surface area contributed by atoms with E-state index in [0.29, 0.717) is 61.7 Å². The topological polar surface area (TPSA) is 193 Å². The third-order valence-electron chi connectivity index (χ3n) is 19.7. The minimum absolute atomic E-state index is 0.0483. The number of aliphatic hydroxyl groups excluding tert-OH is 2. The van der Waals surface area contributed by atoms with E-state index >= 15 is 0 Å². The zero-order valence-corrected chi connectivity index (χ0v) is 44.0. The first-order valence-corrected chi connectivity index (χ1v) is 27.5. The molecule has 2 bridgehead atoms. The Balaban J connectivity index is 0.755. The Morgan fingerprint density at radius 1 is 0.740 bits per heavy atom. The fourth-order valence-corrected chi connectivity index (χ4v) is 16.3. The molecule has 9 rings (SSSR count). The van der Waals surface area contributed by atoms with Crippen LogP contribution in [0.15, 0.2) is 60.7 Å². The second-order valence-corrected chi connectivity index (χ2v) is 24.5. The van der Waals surface area contributed by atoms with Crippen LogP contribution in [0.3, 0.4) is 0 Å². The molecule has 3 saturated heterocycles. The highest BCUT2D eigenvalue weighted by Gasteiger charge is 2.66. The molecule has 4 aliphatic carbocycles. The van der Waals surface area contributed by atoms with E-state index in [2.05, 4.69) is 26.1 Å². The molecule has 7 fully saturated rings. The highest BCUT2D eigenvalue weighted by atomic mass is 16.8. The molecule has 73 heavy (non-hydrogen) atoms. The molecule has 400 valence electrons. The zero-order valence-electron chi connectivity index (χ0n) is 44.0. The summed E-state index contributed by atoms with van der Waals surface area (Å²) in [7, 11) is 0. The molecule has 13 atom stereocenters. The van der Waals surface area contributed by atoms with Gasteiger partial charge in [0, 0.05) is 56.1 Å². The van der Waals surface area contributed by atoms with Gasteiger partial charge >= 0.3 is 30.2 Å². The van der Waals surface area contributed by atoms with Gasteiger partial charge in [0.05, 0.1) is 37.4 Å². The molecule has 2 aromatic carbocycles. The molecule has 0 aromatic heterocycles. The first-order chi connectivity index (χ1) is 34.8. The van der Waals surface area contributed by atoms with Crippen LogP contribution in [0.25, 0.3) is 0 Å². The molecule has 1 spiro atoms. The average molecular weight is 1010 g/mol. The number of nitrogens with zero attached hydrogens (tertiary/aromatic N) is 1. The minimum Gasteiger partial charge on any atom is -0.460 e. The monoisotopic (exact) mass is 1010 g/mol. The Labute approximate surface area is 431 Å². The second kappa shape index (κ2) is 21.1. The standard InChI is InChI=1S/C58H80N2O13/c1-36(19-24-49(63)72-55(2,3)4)44-22-23-45-51-46(33-48(62)57(44,45)6)56(5)26-25-42(29-39(56)30-47(51)61)71-53(66)59-34-50(64)68-35-69-54(67)73-58(37-15-9-7-10-16-37,38-17-11-8-12-18-38)52(65)70-43-31-40-20-21-41(32-43)60(40)27-13-14-28-60/h7-12,15-18,36,39-48,51,61-62H,13-14,19-35H2,1-6H3/p+1/t36-,39?,40?,41?,42-,43?,44?,45?,46?,47-,48+,51?,56+,57-/m1/s1. The lowest BCUT2D eigenvalue weighted by atomic mass is 9.43. The summed E-state index contributed by atoms with van der Waals surface area (Å²) >= 11 is 0. The Morgan fingerprint density at radius 3 is 2.01 bits per heavy atom. The maximum absolute atomic E-state index is 14.7. The summed E-state index contributed by atoms with van der Waals surface area (Å²) in [6.45, 7) is 13.3. The number of esters is 3. The Morgan fingerprint density at radius 2 is 1.38 bits per heavy atom. The molecular formula is C58H81N2O13+. The van der Waals surface area contributed by atoms with Crippen molar-refractivity contribution in [3.05, 3.63) is 71.8 Å². The molecule has 4 saturated carbocycles. The first kappa shape index (κ1) is 53.1. The van der Waals surface area contributed by atoms with Crippen LogP contribution in [0, 0.1) is 46.3 Å². The largest absolute Gasteiger partial charge is 0.513 e. The van der Waals surface area contributed by atoms with E-state index in [1.165, 1.54) is 25.9 Å². The van der Waals surface area contributed by atoms with Crippen LogP contribution in [-0.2, 0) is 48.4 Å². The van der Waals surface area contributed by atoms with Crippen molar-refractivity contribution in [1.29, 1.82) is 0 Å². The molecule has 2 aromatic rings. The van der Waals surface area contributed by atoms with Gasteiger partial charge in [0.1, 0.15) is 24.4 Å². The molecule has 3 aliphatic heterocycles. The molecular weight excluding hydrogens is 933 g/mol. The maximum Gasteiger partial charge on any atom is 0.513 e. The first-order valence-electron chi connectivity index (χ1n) is 27.5. The van der Waals surface area contributed by atoms with Crippen molar-refractivity contribution < 1.29 is 67.1 Å². The van der Waals surface area contributed by atoms with E-state index in [4.69, 9.17) is 28.4 Å². The summed E-state index contributed by atoms with van der Waals surface area (Å²) in [4.78, 5) is 66.8. The van der Waals surface area contributed by atoms with Crippen LogP contribution < -0.4 is 5.32 Å². The Kier molecular flexibility index (Phi) is 15.4. The van der Waals surface area contributed by atoms with Gasteiger partial charge in [0.15, 0.2) is 0 Å². The predicted molar refractivity (Wildman–Crippen MR) is 268 cm³/mol. The number of alkyl carbamates (subject to hydrolysis) is 1. The van der Waals surface area contributed by atoms with Crippen molar-refractivity contribution in [3.8, 4) is 0 Å². The van der Waals surface area contributed by atoms with Gasteiger partial charge in [-0.05, 0) is 118 Å². The third-order valence-corrected chi connectivity index (χ3v) is 19.7. The number of fused-ring (bicyclic) bond motifs is 5. The van der Waals surface area contributed by atoms with Gasteiger partial charge in [-0.3, -0.25) is 9.59 Å². The number of benzene rings is 2. The van der Waals surface area contributed by atoms with Crippen LogP contribution in [0.5, 0.6) is 0 Å².